The molecule has 2 aromatic rings. The number of nitrogens with one attached hydrogen (secondary N) is 2. The fraction of sp³-hybridized carbons (Fsp3) is 0.444. The number of ether oxygens (including phenoxy) is 1. The Morgan fingerprint density at radius 1 is 1.21 bits per heavy atom. The van der Waals surface area contributed by atoms with Gasteiger partial charge in [0.15, 0.2) is 0 Å². The molecule has 6 heteroatoms. The topological polar surface area (TPSA) is 68.2 Å². The number of para-hydroxylation sites is 1. The van der Waals surface area contributed by atoms with Crippen LogP contribution in [0.25, 0.3) is 5.69 Å². The van der Waals surface area contributed by atoms with Crippen LogP contribution in [0, 0.1) is 5.92 Å². The average molecular weight is 326 g/mol. The van der Waals surface area contributed by atoms with Gasteiger partial charge >= 0.3 is 6.03 Å². The Kier molecular flexibility index (Phi) is 4.21. The van der Waals surface area contributed by atoms with E-state index in [4.69, 9.17) is 4.74 Å². The average Bonchev–Trinajstić information content (AvgIpc) is 3.36. The second-order valence-electron chi connectivity index (χ2n) is 6.52. The van der Waals surface area contributed by atoms with Gasteiger partial charge in [-0.2, -0.15) is 0 Å². The number of nitrogens with zero attached hydrogens (tertiary/aromatic N) is 2. The molecule has 0 spiro atoms. The van der Waals surface area contributed by atoms with Crippen molar-refractivity contribution in [2.24, 2.45) is 5.92 Å². The summed E-state index contributed by atoms with van der Waals surface area (Å²) in [5.74, 6) is 1.22. The van der Waals surface area contributed by atoms with Crippen molar-refractivity contribution in [3.05, 3.63) is 42.7 Å². The molecule has 0 unspecified atom stereocenters. The molecule has 2 amide bonds. The van der Waals surface area contributed by atoms with Gasteiger partial charge in [0.1, 0.15) is 0 Å². The minimum absolute atomic E-state index is 0.171. The lowest BCUT2D eigenvalue weighted by molar-refractivity contribution is -0.00890. The maximum Gasteiger partial charge on any atom is 0.321 e. The molecule has 2 atom stereocenters. The smallest absolute Gasteiger partial charge is 0.321 e. The number of carbonyl (C=O) groups excluding carboxylic acids is 1. The molecule has 2 N–H and O–H groups in total. The zero-order valence-corrected chi connectivity index (χ0v) is 13.5. The van der Waals surface area contributed by atoms with Crippen molar-refractivity contribution in [1.82, 2.24) is 14.9 Å². The minimum atomic E-state index is -0.208. The first kappa shape index (κ1) is 15.2. The van der Waals surface area contributed by atoms with Crippen LogP contribution in [0.15, 0.2) is 42.7 Å². The van der Waals surface area contributed by atoms with Crippen LogP contribution in [0.4, 0.5) is 10.7 Å². The van der Waals surface area contributed by atoms with E-state index >= 15 is 0 Å². The SMILES string of the molecule is O=C(Nc1nccn1-c1ccccc1)N[C@H]1CCO[C@H](C2CC2)C1. The van der Waals surface area contributed by atoms with E-state index < -0.39 is 0 Å². The van der Waals surface area contributed by atoms with Crippen molar-refractivity contribution in [2.45, 2.75) is 37.8 Å². The van der Waals surface area contributed by atoms with Gasteiger partial charge in [-0.15, -0.1) is 0 Å². The molecule has 1 aromatic carbocycles. The first-order valence-corrected chi connectivity index (χ1v) is 8.57. The largest absolute Gasteiger partial charge is 0.378 e. The Morgan fingerprint density at radius 2 is 2.04 bits per heavy atom. The second kappa shape index (κ2) is 6.65. The van der Waals surface area contributed by atoms with Crippen LogP contribution in [0.1, 0.15) is 25.7 Å². The van der Waals surface area contributed by atoms with Crippen molar-refractivity contribution >= 4 is 12.0 Å². The molecule has 6 nitrogen and oxygen atoms in total. The summed E-state index contributed by atoms with van der Waals surface area (Å²) in [6.07, 6.45) is 8.13. The van der Waals surface area contributed by atoms with Crippen molar-refractivity contribution < 1.29 is 9.53 Å². The van der Waals surface area contributed by atoms with E-state index in [0.717, 1.165) is 25.1 Å². The van der Waals surface area contributed by atoms with Gasteiger partial charge in [0.25, 0.3) is 0 Å². The van der Waals surface area contributed by atoms with Crippen LogP contribution in [-0.4, -0.2) is 34.3 Å². The molecule has 1 saturated carbocycles. The second-order valence-corrected chi connectivity index (χ2v) is 6.52. The van der Waals surface area contributed by atoms with E-state index in [1.807, 2.05) is 41.1 Å². The fourth-order valence-corrected chi connectivity index (χ4v) is 3.27. The van der Waals surface area contributed by atoms with Gasteiger partial charge in [0.05, 0.1) is 6.10 Å². The van der Waals surface area contributed by atoms with Gasteiger partial charge in [-0.05, 0) is 43.7 Å². The fourth-order valence-electron chi connectivity index (χ4n) is 3.27. The first-order valence-electron chi connectivity index (χ1n) is 8.57. The molecule has 1 aromatic heterocycles. The van der Waals surface area contributed by atoms with E-state index in [1.165, 1.54) is 12.8 Å². The monoisotopic (exact) mass is 326 g/mol. The third-order valence-corrected chi connectivity index (χ3v) is 4.70. The zero-order valence-electron chi connectivity index (χ0n) is 13.5. The van der Waals surface area contributed by atoms with E-state index in [2.05, 4.69) is 15.6 Å². The first-order chi connectivity index (χ1) is 11.8. The highest BCUT2D eigenvalue weighted by Crippen LogP contribution is 2.38. The molecular weight excluding hydrogens is 304 g/mol. The minimum Gasteiger partial charge on any atom is -0.378 e. The van der Waals surface area contributed by atoms with E-state index in [0.29, 0.717) is 18.0 Å². The standard InChI is InChI=1S/C18H22N4O2/c23-18(20-14-8-11-24-16(12-14)13-6-7-13)21-17-19-9-10-22(17)15-4-2-1-3-5-15/h1-5,9-10,13-14,16H,6-8,11-12H2,(H2,19,20,21,23)/t14-,16-/m0/s1. The van der Waals surface area contributed by atoms with E-state index in [1.54, 1.807) is 6.20 Å². The molecule has 126 valence electrons. The number of imidazole rings is 1. The highest BCUT2D eigenvalue weighted by Gasteiger charge is 2.36. The van der Waals surface area contributed by atoms with Gasteiger partial charge in [0, 0.05) is 30.7 Å². The number of carbonyl (C=O) groups is 1. The summed E-state index contributed by atoms with van der Waals surface area (Å²) >= 11 is 0. The maximum atomic E-state index is 12.3. The quantitative estimate of drug-likeness (QED) is 0.907. The number of rotatable bonds is 4. The highest BCUT2D eigenvalue weighted by atomic mass is 16.5. The van der Waals surface area contributed by atoms with Crippen molar-refractivity contribution in [3.8, 4) is 5.69 Å². The van der Waals surface area contributed by atoms with Crippen LogP contribution in [0.3, 0.4) is 0 Å². The number of aromatic nitrogens is 2. The molecule has 4 rings (SSSR count). The summed E-state index contributed by atoms with van der Waals surface area (Å²) in [6.45, 7) is 0.727. The third kappa shape index (κ3) is 3.43. The molecule has 1 aliphatic heterocycles. The number of amides is 2. The molecular formula is C18H22N4O2. The van der Waals surface area contributed by atoms with Gasteiger partial charge < -0.3 is 10.1 Å². The lowest BCUT2D eigenvalue weighted by Gasteiger charge is -2.30. The summed E-state index contributed by atoms with van der Waals surface area (Å²) in [5.41, 5.74) is 0.963. The Bertz CT molecular complexity index is 696. The lowest BCUT2D eigenvalue weighted by Crippen LogP contribution is -2.44. The van der Waals surface area contributed by atoms with E-state index in [9.17, 15) is 4.79 Å². The van der Waals surface area contributed by atoms with Crippen LogP contribution in [-0.2, 0) is 4.74 Å². The van der Waals surface area contributed by atoms with Gasteiger partial charge in [0.2, 0.25) is 5.95 Å². The zero-order chi connectivity index (χ0) is 16.4. The number of benzene rings is 1. The summed E-state index contributed by atoms with van der Waals surface area (Å²) < 4.78 is 7.67. The normalized spacial score (nSPS) is 23.7. The predicted octanol–water partition coefficient (Wildman–Crippen LogP) is 2.95. The van der Waals surface area contributed by atoms with Crippen LogP contribution >= 0.6 is 0 Å². The maximum absolute atomic E-state index is 12.3. The summed E-state index contributed by atoms with van der Waals surface area (Å²) in [7, 11) is 0. The summed E-state index contributed by atoms with van der Waals surface area (Å²) in [4.78, 5) is 16.6. The van der Waals surface area contributed by atoms with E-state index in [-0.39, 0.29) is 12.1 Å². The molecule has 2 heterocycles. The Balaban J connectivity index is 1.37. The molecule has 2 fully saturated rings. The molecule has 1 aliphatic carbocycles. The van der Waals surface area contributed by atoms with Crippen LogP contribution in [0.2, 0.25) is 0 Å². The summed E-state index contributed by atoms with van der Waals surface area (Å²) in [6, 6.07) is 9.79. The number of anilines is 1. The van der Waals surface area contributed by atoms with Gasteiger partial charge in [-0.1, -0.05) is 18.2 Å². The third-order valence-electron chi connectivity index (χ3n) is 4.70. The Morgan fingerprint density at radius 3 is 2.83 bits per heavy atom. The van der Waals surface area contributed by atoms with Crippen LogP contribution in [0.5, 0.6) is 0 Å². The van der Waals surface area contributed by atoms with Gasteiger partial charge in [-0.25, -0.2) is 9.78 Å². The molecule has 0 radical (unpaired) electrons. The molecule has 1 saturated heterocycles. The number of hydrogen-bond acceptors (Lipinski definition) is 3. The Labute approximate surface area is 141 Å². The Hall–Kier alpha value is -2.34. The number of urea groups is 1. The summed E-state index contributed by atoms with van der Waals surface area (Å²) in [5, 5.41) is 5.92. The van der Waals surface area contributed by atoms with Gasteiger partial charge in [-0.3, -0.25) is 9.88 Å². The highest BCUT2D eigenvalue weighted by molar-refractivity contribution is 5.88. The predicted molar refractivity (Wildman–Crippen MR) is 91.2 cm³/mol. The number of hydrogen-bond donors (Lipinski definition) is 2. The molecule has 0 bridgehead atoms. The van der Waals surface area contributed by atoms with Crippen molar-refractivity contribution in [2.75, 3.05) is 11.9 Å². The van der Waals surface area contributed by atoms with Crippen molar-refractivity contribution in [3.63, 3.8) is 0 Å². The van der Waals surface area contributed by atoms with Crippen LogP contribution < -0.4 is 10.6 Å². The van der Waals surface area contributed by atoms with Crippen molar-refractivity contribution in [1.29, 1.82) is 0 Å². The molecule has 24 heavy (non-hydrogen) atoms. The molecule has 2 aliphatic rings. The lowest BCUT2D eigenvalue weighted by atomic mass is 10.0.